The molecule has 252 valence electrons. The first-order valence-corrected chi connectivity index (χ1v) is 16.2. The molecule has 0 bridgehead atoms. The highest BCUT2D eigenvalue weighted by Crippen LogP contribution is 2.20. The molecule has 0 unspecified atom stereocenters. The van der Waals surface area contributed by atoms with Crippen molar-refractivity contribution in [1.82, 2.24) is 16.0 Å². The first kappa shape index (κ1) is 36.5. The van der Waals surface area contributed by atoms with Crippen molar-refractivity contribution in [3.63, 3.8) is 0 Å². The summed E-state index contributed by atoms with van der Waals surface area (Å²) in [6, 6.07) is 16.6. The van der Waals surface area contributed by atoms with Crippen molar-refractivity contribution >= 4 is 40.9 Å². The molecule has 0 aliphatic rings. The third-order valence-corrected chi connectivity index (χ3v) is 8.14. The number of nitrogens with one attached hydrogen (secondary N) is 3. The highest BCUT2D eigenvalue weighted by atomic mass is 32.1. The molecule has 3 atom stereocenters. The van der Waals surface area contributed by atoms with Gasteiger partial charge in [-0.1, -0.05) is 42.5 Å². The summed E-state index contributed by atoms with van der Waals surface area (Å²) in [5.74, 6) is -1.88. The standard InChI is InChI=1S/C33H44N8O5S/c1-21-12-17-27(47-21)32(45)40-26(11-7-19-38-33(36)37)30(43)39-25(10-5-6-18-34)31(44)41-28(29(35)42)23-13-15-24(16-14-23)46-20-22-8-3-2-4-9-22/h2-4,8-9,12-17,25-26,28H,5-7,10-11,18-20,34H2,1H3,(H2,35,42)(H,39,43)(H,40,45)(H,41,44)(H4,36,37,38)/t25-,26-,28+/m0/s1. The van der Waals surface area contributed by atoms with Gasteiger partial charge in [-0.25, -0.2) is 0 Å². The Hall–Kier alpha value is -4.95. The quantitative estimate of drug-likeness (QED) is 0.0566. The van der Waals surface area contributed by atoms with Gasteiger partial charge in [-0.3, -0.25) is 24.2 Å². The predicted molar refractivity (Wildman–Crippen MR) is 182 cm³/mol. The van der Waals surface area contributed by atoms with Gasteiger partial charge < -0.3 is 43.6 Å². The lowest BCUT2D eigenvalue weighted by atomic mass is 10.0. The van der Waals surface area contributed by atoms with E-state index in [4.69, 9.17) is 27.7 Å². The van der Waals surface area contributed by atoms with Crippen molar-refractivity contribution < 1.29 is 23.9 Å². The van der Waals surface area contributed by atoms with Crippen molar-refractivity contribution in [3.8, 4) is 5.75 Å². The maximum absolute atomic E-state index is 13.6. The molecule has 13 nitrogen and oxygen atoms in total. The topological polar surface area (TPSA) is 230 Å². The summed E-state index contributed by atoms with van der Waals surface area (Å²) in [6.45, 7) is 2.88. The first-order chi connectivity index (χ1) is 22.6. The Kier molecular flexibility index (Phi) is 14.7. The highest BCUT2D eigenvalue weighted by molar-refractivity contribution is 7.13. The van der Waals surface area contributed by atoms with E-state index < -0.39 is 41.8 Å². The molecule has 1 heterocycles. The summed E-state index contributed by atoms with van der Waals surface area (Å²) in [4.78, 5) is 57.9. The number of thiophene rings is 1. The predicted octanol–water partition coefficient (Wildman–Crippen LogP) is 1.74. The number of hydrogen-bond donors (Lipinski definition) is 7. The molecule has 11 N–H and O–H groups in total. The van der Waals surface area contributed by atoms with Crippen LogP contribution in [0.1, 0.15) is 63.8 Å². The van der Waals surface area contributed by atoms with E-state index in [-0.39, 0.29) is 25.3 Å². The van der Waals surface area contributed by atoms with Crippen molar-refractivity contribution in [2.45, 2.75) is 63.8 Å². The van der Waals surface area contributed by atoms with Crippen LogP contribution in [-0.2, 0) is 21.0 Å². The molecular weight excluding hydrogens is 620 g/mol. The van der Waals surface area contributed by atoms with Gasteiger partial charge in [-0.05, 0) is 81.0 Å². The fraction of sp³-hybridized carbons (Fsp3) is 0.364. The maximum Gasteiger partial charge on any atom is 0.262 e. The molecule has 0 aliphatic heterocycles. The normalized spacial score (nSPS) is 12.6. The Labute approximate surface area is 278 Å². The molecule has 0 saturated heterocycles. The van der Waals surface area contributed by atoms with E-state index in [9.17, 15) is 19.2 Å². The number of rotatable bonds is 19. The van der Waals surface area contributed by atoms with Gasteiger partial charge in [0, 0.05) is 11.4 Å². The third-order valence-electron chi connectivity index (χ3n) is 7.14. The lowest BCUT2D eigenvalue weighted by Crippen LogP contribution is -2.54. The zero-order valence-corrected chi connectivity index (χ0v) is 27.3. The minimum atomic E-state index is -1.17. The van der Waals surface area contributed by atoms with Crippen LogP contribution in [0, 0.1) is 6.92 Å². The number of benzene rings is 2. The van der Waals surface area contributed by atoms with Crippen molar-refractivity contribution in [2.24, 2.45) is 27.9 Å². The smallest absolute Gasteiger partial charge is 0.262 e. The van der Waals surface area contributed by atoms with Crippen molar-refractivity contribution in [1.29, 1.82) is 0 Å². The van der Waals surface area contributed by atoms with Crippen LogP contribution in [0.5, 0.6) is 5.75 Å². The molecule has 3 rings (SSSR count). The molecule has 1 aromatic heterocycles. The van der Waals surface area contributed by atoms with Gasteiger partial charge in [0.05, 0.1) is 4.88 Å². The van der Waals surface area contributed by atoms with Gasteiger partial charge in [0.1, 0.15) is 30.5 Å². The van der Waals surface area contributed by atoms with Gasteiger partial charge in [-0.15, -0.1) is 11.3 Å². The minimum Gasteiger partial charge on any atom is -0.489 e. The monoisotopic (exact) mass is 664 g/mol. The number of ether oxygens (including phenoxy) is 1. The molecule has 0 radical (unpaired) electrons. The summed E-state index contributed by atoms with van der Waals surface area (Å²) in [7, 11) is 0. The zero-order valence-electron chi connectivity index (χ0n) is 26.4. The third kappa shape index (κ3) is 12.4. The van der Waals surface area contributed by atoms with Crippen LogP contribution in [0.25, 0.3) is 0 Å². The van der Waals surface area contributed by atoms with Crippen LogP contribution in [-0.4, -0.2) is 54.8 Å². The Morgan fingerprint density at radius 3 is 2.09 bits per heavy atom. The van der Waals surface area contributed by atoms with Gasteiger partial charge in [0.15, 0.2) is 5.96 Å². The van der Waals surface area contributed by atoms with Gasteiger partial charge in [0.2, 0.25) is 17.7 Å². The summed E-state index contributed by atoms with van der Waals surface area (Å²) >= 11 is 1.30. The molecule has 2 aromatic carbocycles. The van der Waals surface area contributed by atoms with Gasteiger partial charge in [-0.2, -0.15) is 0 Å². The lowest BCUT2D eigenvalue weighted by molar-refractivity contribution is -0.132. The Morgan fingerprint density at radius 2 is 1.47 bits per heavy atom. The number of guanidine groups is 1. The Balaban J connectivity index is 1.72. The number of nitrogens with two attached hydrogens (primary N) is 4. The number of unbranched alkanes of at least 4 members (excludes halogenated alkanes) is 1. The molecule has 47 heavy (non-hydrogen) atoms. The summed E-state index contributed by atoms with van der Waals surface area (Å²) in [6.07, 6.45) is 1.97. The minimum absolute atomic E-state index is 0.0842. The molecular formula is C33H44N8O5S. The number of aliphatic imine (C=N–C) groups is 1. The maximum atomic E-state index is 13.6. The van der Waals surface area contributed by atoms with Crippen LogP contribution in [0.4, 0.5) is 0 Å². The van der Waals surface area contributed by atoms with E-state index >= 15 is 0 Å². The lowest BCUT2D eigenvalue weighted by Gasteiger charge is -2.25. The van der Waals surface area contributed by atoms with Crippen molar-refractivity contribution in [3.05, 3.63) is 87.6 Å². The summed E-state index contributed by atoms with van der Waals surface area (Å²) in [5, 5.41) is 8.22. The fourth-order valence-corrected chi connectivity index (χ4v) is 5.42. The molecule has 3 aromatic rings. The summed E-state index contributed by atoms with van der Waals surface area (Å²) < 4.78 is 5.82. The van der Waals surface area contributed by atoms with Crippen LogP contribution < -0.4 is 43.6 Å². The second kappa shape index (κ2) is 18.9. The number of amides is 4. The number of carbonyl (C=O) groups excluding carboxylic acids is 4. The molecule has 4 amide bonds. The number of primary amides is 1. The average molecular weight is 665 g/mol. The first-order valence-electron chi connectivity index (χ1n) is 15.4. The SMILES string of the molecule is Cc1ccc(C(=O)N[C@@H](CCCN=C(N)N)C(=O)N[C@@H](CCCCN)C(=O)N[C@@H](C(N)=O)c2ccc(OCc3ccccc3)cc2)s1. The Bertz CT molecular complexity index is 1490. The zero-order chi connectivity index (χ0) is 34.2. The molecule has 0 spiro atoms. The largest absolute Gasteiger partial charge is 0.489 e. The molecule has 0 aliphatic carbocycles. The van der Waals surface area contributed by atoms with Gasteiger partial charge in [0.25, 0.3) is 5.91 Å². The number of aryl methyl sites for hydroxylation is 1. The van der Waals surface area contributed by atoms with Crippen molar-refractivity contribution in [2.75, 3.05) is 13.1 Å². The number of carbonyl (C=O) groups is 4. The van der Waals surface area contributed by atoms with E-state index in [1.165, 1.54) is 11.3 Å². The summed E-state index contributed by atoms with van der Waals surface area (Å²) in [5.41, 5.74) is 23.7. The molecule has 0 fully saturated rings. The molecule has 0 saturated carbocycles. The second-order valence-corrected chi connectivity index (χ2v) is 12.2. The fourth-order valence-electron chi connectivity index (χ4n) is 4.65. The van der Waals surface area contributed by atoms with E-state index in [2.05, 4.69) is 20.9 Å². The number of hydrogen-bond acceptors (Lipinski definition) is 8. The van der Waals surface area contributed by atoms with E-state index in [0.29, 0.717) is 48.6 Å². The van der Waals surface area contributed by atoms with Crippen LogP contribution in [0.2, 0.25) is 0 Å². The van der Waals surface area contributed by atoms with Crippen LogP contribution in [0.3, 0.4) is 0 Å². The molecule has 14 heteroatoms. The number of nitrogens with zero attached hydrogens (tertiary/aromatic N) is 1. The van der Waals surface area contributed by atoms with Gasteiger partial charge >= 0.3 is 0 Å². The average Bonchev–Trinajstić information content (AvgIpc) is 3.50. The van der Waals surface area contributed by atoms with E-state index in [0.717, 1.165) is 10.4 Å². The van der Waals surface area contributed by atoms with E-state index in [1.807, 2.05) is 43.3 Å². The van der Waals surface area contributed by atoms with Crippen LogP contribution >= 0.6 is 11.3 Å². The second-order valence-electron chi connectivity index (χ2n) is 10.9. The van der Waals surface area contributed by atoms with Crippen LogP contribution in [0.15, 0.2) is 71.7 Å². The Morgan fingerprint density at radius 1 is 0.809 bits per heavy atom. The van der Waals surface area contributed by atoms with E-state index in [1.54, 1.807) is 30.3 Å². The highest BCUT2D eigenvalue weighted by Gasteiger charge is 2.30.